The van der Waals surface area contributed by atoms with Crippen molar-refractivity contribution in [2.75, 3.05) is 5.73 Å². The van der Waals surface area contributed by atoms with Crippen molar-refractivity contribution in [1.82, 2.24) is 0 Å². The van der Waals surface area contributed by atoms with Crippen LogP contribution in [0.3, 0.4) is 0 Å². The predicted octanol–water partition coefficient (Wildman–Crippen LogP) is 7.21. The highest BCUT2D eigenvalue weighted by atomic mass is 32.2. The van der Waals surface area contributed by atoms with Crippen molar-refractivity contribution in [2.24, 2.45) is 20.5 Å². The van der Waals surface area contributed by atoms with E-state index >= 15 is 0 Å². The minimum atomic E-state index is -4.50. The number of nitrogens with zero attached hydrogens (tertiary/aromatic N) is 4. The monoisotopic (exact) mass is 575 g/mol. The van der Waals surface area contributed by atoms with E-state index < -0.39 is 20.2 Å². The Balaban J connectivity index is 1.61. The number of hydrogen-bond donors (Lipinski definition) is 3. The zero-order valence-electron chi connectivity index (χ0n) is 20.8. The highest BCUT2D eigenvalue weighted by Gasteiger charge is 2.15. The van der Waals surface area contributed by atoms with Crippen molar-refractivity contribution in [2.45, 2.75) is 16.7 Å². The van der Waals surface area contributed by atoms with Crippen molar-refractivity contribution < 1.29 is 25.9 Å². The first-order valence-corrected chi connectivity index (χ1v) is 14.5. The summed E-state index contributed by atoms with van der Waals surface area (Å²) in [4.78, 5) is -0.585. The first-order chi connectivity index (χ1) is 18.9. The van der Waals surface area contributed by atoms with Crippen LogP contribution >= 0.6 is 0 Å². The number of hydrogen-bond acceptors (Lipinski definition) is 9. The van der Waals surface area contributed by atoms with Crippen LogP contribution < -0.4 is 5.73 Å². The Morgan fingerprint density at radius 1 is 0.625 bits per heavy atom. The Morgan fingerprint density at radius 3 is 2.00 bits per heavy atom. The average Bonchev–Trinajstić information content (AvgIpc) is 2.90. The van der Waals surface area contributed by atoms with E-state index in [1.807, 2.05) is 6.92 Å². The van der Waals surface area contributed by atoms with E-state index in [0.29, 0.717) is 44.6 Å². The zero-order valence-corrected chi connectivity index (χ0v) is 22.4. The van der Waals surface area contributed by atoms with E-state index in [9.17, 15) is 25.9 Å². The second-order valence-corrected chi connectivity index (χ2v) is 11.7. The molecule has 0 saturated carbocycles. The molecule has 0 spiro atoms. The van der Waals surface area contributed by atoms with Gasteiger partial charge in [-0.15, -0.1) is 10.2 Å². The maximum absolute atomic E-state index is 11.8. The Morgan fingerprint density at radius 2 is 1.30 bits per heavy atom. The number of rotatable bonds is 6. The van der Waals surface area contributed by atoms with Crippen molar-refractivity contribution in [3.63, 3.8) is 0 Å². The van der Waals surface area contributed by atoms with Gasteiger partial charge in [0, 0.05) is 21.8 Å². The van der Waals surface area contributed by atoms with Gasteiger partial charge in [-0.1, -0.05) is 24.3 Å². The van der Waals surface area contributed by atoms with Crippen LogP contribution in [0.25, 0.3) is 21.5 Å². The van der Waals surface area contributed by atoms with Gasteiger partial charge in [0.05, 0.1) is 27.6 Å². The van der Waals surface area contributed by atoms with E-state index in [-0.39, 0.29) is 15.2 Å². The van der Waals surface area contributed by atoms with Crippen LogP contribution in [-0.4, -0.2) is 25.9 Å². The molecule has 5 aromatic rings. The number of azo groups is 2. The molecule has 0 atom stereocenters. The number of nitrogens with two attached hydrogens (primary N) is 1. The summed E-state index contributed by atoms with van der Waals surface area (Å²) in [6, 6.07) is 21.6. The quantitative estimate of drug-likeness (QED) is 0.108. The number of nitrogen functional groups attached to an aromatic ring is 1. The highest BCUT2D eigenvalue weighted by molar-refractivity contribution is 7.86. The van der Waals surface area contributed by atoms with E-state index in [1.54, 1.807) is 48.5 Å². The highest BCUT2D eigenvalue weighted by Crippen LogP contribution is 2.37. The molecule has 0 aromatic heterocycles. The fraction of sp³-hybridized carbons (Fsp3) is 0.0370. The third-order valence-corrected chi connectivity index (χ3v) is 7.86. The molecule has 11 nitrogen and oxygen atoms in total. The van der Waals surface area contributed by atoms with Gasteiger partial charge in [-0.2, -0.15) is 27.1 Å². The molecule has 0 heterocycles. The number of aryl methyl sites for hydroxylation is 1. The first kappa shape index (κ1) is 27.0. The molecule has 13 heteroatoms. The normalized spacial score (nSPS) is 12.7. The predicted molar refractivity (Wildman–Crippen MR) is 151 cm³/mol. The summed E-state index contributed by atoms with van der Waals surface area (Å²) in [5.74, 6) is 0. The van der Waals surface area contributed by atoms with Crippen LogP contribution in [0.4, 0.5) is 28.4 Å². The van der Waals surface area contributed by atoms with E-state index in [1.165, 1.54) is 36.4 Å². The molecule has 5 aromatic carbocycles. The van der Waals surface area contributed by atoms with Gasteiger partial charge < -0.3 is 5.73 Å². The second-order valence-electron chi connectivity index (χ2n) is 8.87. The van der Waals surface area contributed by atoms with Gasteiger partial charge >= 0.3 is 0 Å². The van der Waals surface area contributed by atoms with Gasteiger partial charge in [0.25, 0.3) is 20.2 Å². The van der Waals surface area contributed by atoms with E-state index in [0.717, 1.165) is 5.56 Å². The van der Waals surface area contributed by atoms with Crippen LogP contribution in [0.1, 0.15) is 5.56 Å². The molecule has 202 valence electrons. The van der Waals surface area contributed by atoms with Gasteiger partial charge in [-0.05, 0) is 78.5 Å². The lowest BCUT2D eigenvalue weighted by Gasteiger charge is -2.07. The number of anilines is 1. The first-order valence-electron chi connectivity index (χ1n) is 11.6. The summed E-state index contributed by atoms with van der Waals surface area (Å²) in [5, 5.41) is 18.8. The summed E-state index contributed by atoms with van der Waals surface area (Å²) in [6.07, 6.45) is 0. The van der Waals surface area contributed by atoms with Gasteiger partial charge in [-0.25, -0.2) is 0 Å². The lowest BCUT2D eigenvalue weighted by molar-refractivity contribution is 0.481. The number of fused-ring (bicyclic) bond motifs is 2. The molecule has 0 unspecified atom stereocenters. The standard InChI is InChI=1S/C27H21N5O6S2/c1-16-13-18(28)6-10-24(16)30-32-26-12-11-25(21-9-8-20(15-23(21)26)39(33,34)35)31-29-19-7-5-17-3-2-4-27(22(17)14-19)40(36,37)38/h2-15H,28H2,1H3,(H,33,34,35)(H,36,37,38)/b31-29+,32-30+. The Hall–Kier alpha value is -4.56. The van der Waals surface area contributed by atoms with Crippen molar-refractivity contribution in [1.29, 1.82) is 0 Å². The summed E-state index contributed by atoms with van der Waals surface area (Å²) in [5.41, 5.74) is 8.72. The molecule has 4 N–H and O–H groups in total. The topological polar surface area (TPSA) is 184 Å². The van der Waals surface area contributed by atoms with Crippen LogP contribution in [0.15, 0.2) is 115 Å². The van der Waals surface area contributed by atoms with Crippen molar-refractivity contribution >= 4 is 70.2 Å². The summed E-state index contributed by atoms with van der Waals surface area (Å²) in [6.45, 7) is 1.83. The smallest absolute Gasteiger partial charge is 0.295 e. The molecule has 0 radical (unpaired) electrons. The molecular formula is C27H21N5O6S2. The maximum atomic E-state index is 11.8. The fourth-order valence-electron chi connectivity index (χ4n) is 4.16. The van der Waals surface area contributed by atoms with Crippen molar-refractivity contribution in [3.8, 4) is 0 Å². The summed E-state index contributed by atoms with van der Waals surface area (Å²) >= 11 is 0. The Labute approximate surface area is 229 Å². The molecule has 0 fully saturated rings. The van der Waals surface area contributed by atoms with Crippen LogP contribution in [0.5, 0.6) is 0 Å². The molecule has 0 aliphatic heterocycles. The molecule has 0 aliphatic carbocycles. The minimum Gasteiger partial charge on any atom is -0.399 e. The largest absolute Gasteiger partial charge is 0.399 e. The van der Waals surface area contributed by atoms with E-state index in [4.69, 9.17) is 5.73 Å². The average molecular weight is 576 g/mol. The van der Waals surface area contributed by atoms with Gasteiger partial charge in [-0.3, -0.25) is 9.11 Å². The number of benzene rings is 5. The fourth-order valence-corrected chi connectivity index (χ4v) is 5.37. The van der Waals surface area contributed by atoms with Crippen LogP contribution in [0, 0.1) is 6.92 Å². The molecule has 0 saturated heterocycles. The third kappa shape index (κ3) is 5.58. The molecule has 5 rings (SSSR count). The molecule has 0 aliphatic rings. The van der Waals surface area contributed by atoms with E-state index in [2.05, 4.69) is 20.5 Å². The lowest BCUT2D eigenvalue weighted by atomic mass is 10.1. The van der Waals surface area contributed by atoms with Crippen LogP contribution in [0.2, 0.25) is 0 Å². The van der Waals surface area contributed by atoms with Crippen LogP contribution in [-0.2, 0) is 20.2 Å². The summed E-state index contributed by atoms with van der Waals surface area (Å²) in [7, 11) is -8.97. The Bertz CT molecular complexity index is 2090. The molecular weight excluding hydrogens is 554 g/mol. The molecule has 40 heavy (non-hydrogen) atoms. The second kappa shape index (κ2) is 10.2. The third-order valence-electron chi connectivity index (χ3n) is 6.10. The van der Waals surface area contributed by atoms with Gasteiger partial charge in [0.1, 0.15) is 4.90 Å². The maximum Gasteiger partial charge on any atom is 0.295 e. The van der Waals surface area contributed by atoms with Gasteiger partial charge in [0.15, 0.2) is 0 Å². The molecule has 0 amide bonds. The SMILES string of the molecule is Cc1cc(N)ccc1/N=N/c1ccc(/N=N/c2ccc3cccc(S(=O)(=O)O)c3c2)c2ccc(S(=O)(=O)O)cc12. The van der Waals surface area contributed by atoms with Crippen molar-refractivity contribution in [3.05, 3.63) is 90.5 Å². The minimum absolute atomic E-state index is 0.253. The Kier molecular flexibility index (Phi) is 6.89. The zero-order chi connectivity index (χ0) is 28.7. The van der Waals surface area contributed by atoms with Gasteiger partial charge in [0.2, 0.25) is 0 Å². The molecule has 0 bridgehead atoms. The summed E-state index contributed by atoms with van der Waals surface area (Å²) < 4.78 is 66.5. The lowest BCUT2D eigenvalue weighted by Crippen LogP contribution is -1.98.